The Kier molecular flexibility index (Phi) is 8.93. The van der Waals surface area contributed by atoms with Crippen molar-refractivity contribution in [3.05, 3.63) is 40.6 Å². The van der Waals surface area contributed by atoms with Gasteiger partial charge in [-0.15, -0.1) is 0 Å². The molecule has 3 rings (SSSR count). The predicted molar refractivity (Wildman–Crippen MR) is 120 cm³/mol. The SMILES string of the molecule is O=c1c(OCCO)c(-c2ccc(OCCO)c(OCCO)c2)oc2cc(OCCO)cc(O)c12. The van der Waals surface area contributed by atoms with Gasteiger partial charge in [0.2, 0.25) is 11.2 Å². The molecule has 0 fully saturated rings. The van der Waals surface area contributed by atoms with Crippen molar-refractivity contribution in [3.63, 3.8) is 0 Å². The second-order valence-electron chi connectivity index (χ2n) is 6.85. The number of aromatic hydroxyl groups is 1. The highest BCUT2D eigenvalue weighted by molar-refractivity contribution is 5.88. The first-order valence-electron chi connectivity index (χ1n) is 10.5. The van der Waals surface area contributed by atoms with Gasteiger partial charge >= 0.3 is 0 Å². The highest BCUT2D eigenvalue weighted by atomic mass is 16.5. The molecule has 0 aliphatic carbocycles. The molecule has 5 N–H and O–H groups in total. The molecule has 0 saturated carbocycles. The number of hydrogen-bond donors (Lipinski definition) is 5. The average molecular weight is 478 g/mol. The first-order valence-corrected chi connectivity index (χ1v) is 10.5. The standard InChI is InChI=1S/C23H26O11/c24-3-7-30-15-12-16(28)20-19(13-15)34-22(23(21(20)29)33-10-6-27)14-1-2-17(31-8-4-25)18(11-14)32-9-5-26/h1-2,11-13,24-28H,3-10H2. The zero-order chi connectivity index (χ0) is 24.5. The van der Waals surface area contributed by atoms with E-state index in [0.717, 1.165) is 0 Å². The molecule has 1 heterocycles. The van der Waals surface area contributed by atoms with E-state index < -0.39 is 11.2 Å². The van der Waals surface area contributed by atoms with Crippen LogP contribution in [0.15, 0.2) is 39.5 Å². The molecule has 2 aromatic carbocycles. The topological polar surface area (TPSA) is 168 Å². The summed E-state index contributed by atoms with van der Waals surface area (Å²) in [6, 6.07) is 7.23. The Balaban J connectivity index is 2.19. The summed E-state index contributed by atoms with van der Waals surface area (Å²) in [7, 11) is 0. The van der Waals surface area contributed by atoms with E-state index in [-0.39, 0.29) is 86.8 Å². The molecule has 0 unspecified atom stereocenters. The summed E-state index contributed by atoms with van der Waals surface area (Å²) < 4.78 is 27.7. The molecule has 11 heteroatoms. The molecule has 0 aliphatic rings. The lowest BCUT2D eigenvalue weighted by molar-refractivity contribution is 0.178. The molecule has 0 saturated heterocycles. The lowest BCUT2D eigenvalue weighted by Gasteiger charge is -2.15. The van der Waals surface area contributed by atoms with Gasteiger partial charge in [-0.1, -0.05) is 0 Å². The smallest absolute Gasteiger partial charge is 0.239 e. The number of benzene rings is 2. The van der Waals surface area contributed by atoms with E-state index in [9.17, 15) is 15.0 Å². The fraction of sp³-hybridized carbons (Fsp3) is 0.348. The van der Waals surface area contributed by atoms with Crippen LogP contribution in [0.25, 0.3) is 22.3 Å². The second kappa shape index (κ2) is 12.1. The molecule has 0 aliphatic heterocycles. The number of phenolic OH excluding ortho intramolecular Hbond substituents is 1. The van der Waals surface area contributed by atoms with Crippen LogP contribution in [0.4, 0.5) is 0 Å². The average Bonchev–Trinajstić information content (AvgIpc) is 2.84. The zero-order valence-electron chi connectivity index (χ0n) is 18.2. The predicted octanol–water partition coefficient (Wildman–Crippen LogP) is 0.650. The summed E-state index contributed by atoms with van der Waals surface area (Å²) in [5, 5.41) is 46.6. The van der Waals surface area contributed by atoms with Crippen LogP contribution in [0, 0.1) is 0 Å². The molecular formula is C23H26O11. The third-order valence-electron chi connectivity index (χ3n) is 4.51. The number of hydrogen-bond acceptors (Lipinski definition) is 11. The number of fused-ring (bicyclic) bond motifs is 1. The van der Waals surface area contributed by atoms with Crippen LogP contribution in [0.1, 0.15) is 0 Å². The lowest BCUT2D eigenvalue weighted by atomic mass is 10.1. The molecule has 0 radical (unpaired) electrons. The van der Waals surface area contributed by atoms with Crippen molar-refractivity contribution in [3.8, 4) is 40.1 Å². The Morgan fingerprint density at radius 2 is 1.35 bits per heavy atom. The first kappa shape index (κ1) is 25.1. The van der Waals surface area contributed by atoms with Gasteiger partial charge in [0.15, 0.2) is 17.3 Å². The molecule has 11 nitrogen and oxygen atoms in total. The molecule has 1 aromatic heterocycles. The van der Waals surface area contributed by atoms with Crippen LogP contribution in [-0.4, -0.2) is 78.4 Å². The molecule has 34 heavy (non-hydrogen) atoms. The summed E-state index contributed by atoms with van der Waals surface area (Å²) in [5.41, 5.74) is -0.325. The highest BCUT2D eigenvalue weighted by Gasteiger charge is 2.22. The normalized spacial score (nSPS) is 10.9. The van der Waals surface area contributed by atoms with E-state index in [1.54, 1.807) is 6.07 Å². The van der Waals surface area contributed by atoms with E-state index >= 15 is 0 Å². The second-order valence-corrected chi connectivity index (χ2v) is 6.85. The van der Waals surface area contributed by atoms with Gasteiger partial charge in [0.1, 0.15) is 48.9 Å². The molecule has 0 bridgehead atoms. The van der Waals surface area contributed by atoms with E-state index in [1.807, 2.05) is 0 Å². The summed E-state index contributed by atoms with van der Waals surface area (Å²) in [4.78, 5) is 13.2. The highest BCUT2D eigenvalue weighted by Crippen LogP contribution is 2.39. The van der Waals surface area contributed by atoms with Gasteiger partial charge < -0.3 is 48.9 Å². The number of aliphatic hydroxyl groups excluding tert-OH is 4. The van der Waals surface area contributed by atoms with Crippen LogP contribution < -0.4 is 24.4 Å². The van der Waals surface area contributed by atoms with Gasteiger partial charge in [-0.05, 0) is 18.2 Å². The number of ether oxygens (including phenoxy) is 4. The van der Waals surface area contributed by atoms with Crippen molar-refractivity contribution in [2.45, 2.75) is 0 Å². The maximum atomic E-state index is 13.2. The third kappa shape index (κ3) is 5.69. The Morgan fingerprint density at radius 3 is 2.03 bits per heavy atom. The third-order valence-corrected chi connectivity index (χ3v) is 4.51. The maximum Gasteiger partial charge on any atom is 0.239 e. The van der Waals surface area contributed by atoms with Gasteiger partial charge in [-0.3, -0.25) is 4.79 Å². The fourth-order valence-corrected chi connectivity index (χ4v) is 3.17. The number of aliphatic hydroxyl groups is 4. The minimum atomic E-state index is -0.672. The van der Waals surface area contributed by atoms with Gasteiger partial charge in [-0.2, -0.15) is 0 Å². The van der Waals surface area contributed by atoms with E-state index in [2.05, 4.69) is 0 Å². The Bertz CT molecular complexity index is 1160. The monoisotopic (exact) mass is 478 g/mol. The summed E-state index contributed by atoms with van der Waals surface area (Å²) >= 11 is 0. The van der Waals surface area contributed by atoms with Crippen molar-refractivity contribution in [1.82, 2.24) is 0 Å². The van der Waals surface area contributed by atoms with Crippen LogP contribution in [0.2, 0.25) is 0 Å². The van der Waals surface area contributed by atoms with Crippen LogP contribution in [0.5, 0.6) is 28.7 Å². The van der Waals surface area contributed by atoms with E-state index in [1.165, 1.54) is 24.3 Å². The maximum absolute atomic E-state index is 13.2. The molecule has 0 atom stereocenters. The largest absolute Gasteiger partial charge is 0.507 e. The first-order chi connectivity index (χ1) is 16.5. The Labute approximate surface area is 193 Å². The molecule has 3 aromatic rings. The minimum Gasteiger partial charge on any atom is -0.507 e. The van der Waals surface area contributed by atoms with Crippen molar-refractivity contribution < 1.29 is 48.9 Å². The molecule has 0 spiro atoms. The van der Waals surface area contributed by atoms with Crippen LogP contribution in [0.3, 0.4) is 0 Å². The van der Waals surface area contributed by atoms with Gasteiger partial charge in [0.25, 0.3) is 0 Å². The summed E-state index contributed by atoms with van der Waals surface area (Å²) in [6.45, 7) is -1.33. The number of phenols is 1. The van der Waals surface area contributed by atoms with Crippen LogP contribution in [-0.2, 0) is 0 Å². The Morgan fingerprint density at radius 1 is 0.735 bits per heavy atom. The summed E-state index contributed by atoms with van der Waals surface area (Å²) in [5.74, 6) is 0.0460. The molecular weight excluding hydrogens is 452 g/mol. The molecule has 184 valence electrons. The zero-order valence-corrected chi connectivity index (χ0v) is 18.2. The van der Waals surface area contributed by atoms with Crippen molar-refractivity contribution >= 4 is 11.0 Å². The minimum absolute atomic E-state index is 0.00252. The van der Waals surface area contributed by atoms with Crippen molar-refractivity contribution in [2.24, 2.45) is 0 Å². The van der Waals surface area contributed by atoms with Crippen molar-refractivity contribution in [1.29, 1.82) is 0 Å². The van der Waals surface area contributed by atoms with E-state index in [4.69, 9.17) is 38.7 Å². The van der Waals surface area contributed by atoms with Gasteiger partial charge in [0, 0.05) is 17.7 Å². The van der Waals surface area contributed by atoms with Crippen molar-refractivity contribution in [2.75, 3.05) is 52.9 Å². The van der Waals surface area contributed by atoms with Gasteiger partial charge in [-0.25, -0.2) is 0 Å². The Hall–Kier alpha value is -3.51. The van der Waals surface area contributed by atoms with E-state index in [0.29, 0.717) is 11.3 Å². The summed E-state index contributed by atoms with van der Waals surface area (Å²) in [6.07, 6.45) is 0. The lowest BCUT2D eigenvalue weighted by Crippen LogP contribution is -2.13. The quantitative estimate of drug-likeness (QED) is 0.234. The number of rotatable bonds is 13. The molecule has 0 amide bonds. The van der Waals surface area contributed by atoms with Crippen LogP contribution >= 0.6 is 0 Å². The van der Waals surface area contributed by atoms with Gasteiger partial charge in [0.05, 0.1) is 26.4 Å². The fourth-order valence-electron chi connectivity index (χ4n) is 3.17.